The highest BCUT2D eigenvalue weighted by Gasteiger charge is 2.30. The van der Waals surface area contributed by atoms with E-state index in [0.29, 0.717) is 6.54 Å². The fourth-order valence-electron chi connectivity index (χ4n) is 2.01. The van der Waals surface area contributed by atoms with Crippen LogP contribution in [0.2, 0.25) is 0 Å². The van der Waals surface area contributed by atoms with Crippen molar-refractivity contribution in [1.82, 2.24) is 20.8 Å². The number of aryl methyl sites for hydroxylation is 2. The van der Waals surface area contributed by atoms with Gasteiger partial charge in [0.15, 0.2) is 0 Å². The third-order valence-corrected chi connectivity index (χ3v) is 3.42. The van der Waals surface area contributed by atoms with E-state index < -0.39 is 5.54 Å². The van der Waals surface area contributed by atoms with Gasteiger partial charge in [-0.1, -0.05) is 20.8 Å². The Kier molecular flexibility index (Phi) is 5.38. The first-order chi connectivity index (χ1) is 9.92. The molecule has 0 aromatic carbocycles. The number of aromatic nitrogens is 2. The maximum atomic E-state index is 12.2. The minimum atomic E-state index is -0.951. The van der Waals surface area contributed by atoms with Crippen molar-refractivity contribution >= 4 is 11.8 Å². The molecule has 1 rings (SSSR count). The summed E-state index contributed by atoms with van der Waals surface area (Å²) in [5.74, 6) is -0.375. The molecule has 0 atom stereocenters. The number of carbonyl (C=O) groups is 2. The summed E-state index contributed by atoms with van der Waals surface area (Å²) in [5.41, 5.74) is 1.61. The van der Waals surface area contributed by atoms with Crippen molar-refractivity contribution in [3.05, 3.63) is 17.0 Å². The Hall–Kier alpha value is -1.85. The Morgan fingerprint density at radius 2 is 1.73 bits per heavy atom. The first-order valence-corrected chi connectivity index (χ1v) is 7.52. The Balaban J connectivity index is 2.63. The van der Waals surface area contributed by atoms with Crippen LogP contribution >= 0.6 is 0 Å². The molecule has 0 aliphatic heterocycles. The standard InChI is InChI=1S/C16H28N4O2/c1-10-12(11(2)20-19-10)8-13(21)18-16(6,7)14(22)17-9-15(3,4)5/h8-9H2,1-7H3,(H,17,22)(H,18,21)(H,19,20). The van der Waals surface area contributed by atoms with E-state index in [-0.39, 0.29) is 23.7 Å². The average Bonchev–Trinajstić information content (AvgIpc) is 2.66. The molecule has 0 spiro atoms. The number of rotatable bonds is 5. The van der Waals surface area contributed by atoms with Crippen LogP contribution in [-0.2, 0) is 16.0 Å². The van der Waals surface area contributed by atoms with Crippen LogP contribution in [0.5, 0.6) is 0 Å². The van der Waals surface area contributed by atoms with E-state index in [1.807, 2.05) is 34.6 Å². The second-order valence-electron chi connectivity index (χ2n) is 7.51. The second-order valence-corrected chi connectivity index (χ2v) is 7.51. The van der Waals surface area contributed by atoms with Gasteiger partial charge in [-0.3, -0.25) is 14.7 Å². The van der Waals surface area contributed by atoms with Gasteiger partial charge in [0.05, 0.1) is 12.1 Å². The highest BCUT2D eigenvalue weighted by Crippen LogP contribution is 2.13. The molecule has 0 unspecified atom stereocenters. The van der Waals surface area contributed by atoms with Gasteiger partial charge in [-0.15, -0.1) is 0 Å². The van der Waals surface area contributed by atoms with Gasteiger partial charge >= 0.3 is 0 Å². The number of hydrogen-bond acceptors (Lipinski definition) is 3. The van der Waals surface area contributed by atoms with Gasteiger partial charge in [0, 0.05) is 17.8 Å². The van der Waals surface area contributed by atoms with Gasteiger partial charge in [-0.25, -0.2) is 0 Å². The summed E-state index contributed by atoms with van der Waals surface area (Å²) in [4.78, 5) is 24.4. The minimum absolute atomic E-state index is 0.000760. The number of H-pyrrole nitrogens is 1. The summed E-state index contributed by atoms with van der Waals surface area (Å²) in [7, 11) is 0. The smallest absolute Gasteiger partial charge is 0.245 e. The summed E-state index contributed by atoms with van der Waals surface area (Å²) in [6.07, 6.45) is 0.212. The number of amides is 2. The fourth-order valence-corrected chi connectivity index (χ4v) is 2.01. The normalized spacial score (nSPS) is 12.1. The van der Waals surface area contributed by atoms with Crippen molar-refractivity contribution in [2.75, 3.05) is 6.54 Å². The lowest BCUT2D eigenvalue weighted by Crippen LogP contribution is -2.56. The third kappa shape index (κ3) is 5.16. The number of hydrogen-bond donors (Lipinski definition) is 3. The molecule has 124 valence electrons. The molecule has 0 fully saturated rings. The summed E-state index contributed by atoms with van der Waals surface area (Å²) < 4.78 is 0. The molecule has 0 aliphatic carbocycles. The van der Waals surface area contributed by atoms with Gasteiger partial charge in [0.2, 0.25) is 11.8 Å². The van der Waals surface area contributed by atoms with Crippen molar-refractivity contribution in [2.45, 2.75) is 60.4 Å². The molecule has 22 heavy (non-hydrogen) atoms. The summed E-state index contributed by atoms with van der Waals surface area (Å²) in [6, 6.07) is 0. The van der Waals surface area contributed by atoms with E-state index >= 15 is 0 Å². The SMILES string of the molecule is Cc1n[nH]c(C)c1CC(=O)NC(C)(C)C(=O)NCC(C)(C)C. The van der Waals surface area contributed by atoms with Gasteiger partial charge in [0.25, 0.3) is 0 Å². The molecule has 0 saturated carbocycles. The monoisotopic (exact) mass is 308 g/mol. The van der Waals surface area contributed by atoms with E-state index in [1.165, 1.54) is 0 Å². The number of carbonyl (C=O) groups excluding carboxylic acids is 2. The Bertz CT molecular complexity index is 533. The van der Waals surface area contributed by atoms with E-state index in [2.05, 4.69) is 20.8 Å². The Morgan fingerprint density at radius 3 is 2.18 bits per heavy atom. The van der Waals surface area contributed by atoms with E-state index in [9.17, 15) is 9.59 Å². The number of nitrogens with one attached hydrogen (secondary N) is 3. The Labute approximate surface area is 132 Å². The van der Waals surface area contributed by atoms with Crippen LogP contribution in [0.25, 0.3) is 0 Å². The Morgan fingerprint density at radius 1 is 1.14 bits per heavy atom. The molecule has 2 amide bonds. The van der Waals surface area contributed by atoms with Crippen LogP contribution in [0.15, 0.2) is 0 Å². The van der Waals surface area contributed by atoms with Crippen molar-refractivity contribution in [1.29, 1.82) is 0 Å². The van der Waals surface area contributed by atoms with Crippen LogP contribution in [0.4, 0.5) is 0 Å². The van der Waals surface area contributed by atoms with Crippen molar-refractivity contribution < 1.29 is 9.59 Å². The number of nitrogens with zero attached hydrogens (tertiary/aromatic N) is 1. The van der Waals surface area contributed by atoms with Crippen LogP contribution in [0.1, 0.15) is 51.6 Å². The van der Waals surface area contributed by atoms with Crippen LogP contribution in [-0.4, -0.2) is 34.1 Å². The molecule has 1 aromatic heterocycles. The largest absolute Gasteiger partial charge is 0.354 e. The summed E-state index contributed by atoms with van der Waals surface area (Å²) >= 11 is 0. The van der Waals surface area contributed by atoms with Crippen molar-refractivity contribution in [3.63, 3.8) is 0 Å². The van der Waals surface area contributed by atoms with Crippen LogP contribution < -0.4 is 10.6 Å². The van der Waals surface area contributed by atoms with Gasteiger partial charge in [-0.05, 0) is 33.1 Å². The lowest BCUT2D eigenvalue weighted by atomic mass is 9.96. The zero-order valence-corrected chi connectivity index (χ0v) is 14.7. The van der Waals surface area contributed by atoms with Gasteiger partial charge in [0.1, 0.15) is 5.54 Å². The van der Waals surface area contributed by atoms with E-state index in [0.717, 1.165) is 17.0 Å². The van der Waals surface area contributed by atoms with Gasteiger partial charge in [-0.2, -0.15) is 5.10 Å². The second kappa shape index (κ2) is 6.50. The molecular weight excluding hydrogens is 280 g/mol. The molecule has 1 aromatic rings. The van der Waals surface area contributed by atoms with E-state index in [1.54, 1.807) is 13.8 Å². The maximum absolute atomic E-state index is 12.2. The average molecular weight is 308 g/mol. The summed E-state index contributed by atoms with van der Waals surface area (Å²) in [5, 5.41) is 12.6. The van der Waals surface area contributed by atoms with Crippen molar-refractivity contribution in [2.24, 2.45) is 5.41 Å². The maximum Gasteiger partial charge on any atom is 0.245 e. The quantitative estimate of drug-likeness (QED) is 0.772. The highest BCUT2D eigenvalue weighted by atomic mass is 16.2. The molecular formula is C16H28N4O2. The van der Waals surface area contributed by atoms with Crippen LogP contribution in [0.3, 0.4) is 0 Å². The molecule has 0 aliphatic rings. The molecule has 0 bridgehead atoms. The molecule has 0 saturated heterocycles. The first-order valence-electron chi connectivity index (χ1n) is 7.52. The molecule has 6 nitrogen and oxygen atoms in total. The molecule has 3 N–H and O–H groups in total. The van der Waals surface area contributed by atoms with Crippen LogP contribution in [0, 0.1) is 19.3 Å². The zero-order valence-electron chi connectivity index (χ0n) is 14.7. The molecule has 0 radical (unpaired) electrons. The predicted molar refractivity (Wildman–Crippen MR) is 86.5 cm³/mol. The van der Waals surface area contributed by atoms with E-state index in [4.69, 9.17) is 0 Å². The minimum Gasteiger partial charge on any atom is -0.354 e. The fraction of sp³-hybridized carbons (Fsp3) is 0.688. The number of aromatic amines is 1. The lowest BCUT2D eigenvalue weighted by Gasteiger charge is -2.27. The summed E-state index contributed by atoms with van der Waals surface area (Å²) in [6.45, 7) is 13.8. The topological polar surface area (TPSA) is 86.9 Å². The highest BCUT2D eigenvalue weighted by molar-refractivity contribution is 5.91. The predicted octanol–water partition coefficient (Wildman–Crippen LogP) is 1.63. The third-order valence-electron chi connectivity index (χ3n) is 3.42. The molecule has 1 heterocycles. The zero-order chi connectivity index (χ0) is 17.1. The first kappa shape index (κ1) is 18.2. The lowest BCUT2D eigenvalue weighted by molar-refractivity contribution is -0.132. The van der Waals surface area contributed by atoms with Crippen molar-refractivity contribution in [3.8, 4) is 0 Å². The van der Waals surface area contributed by atoms with Gasteiger partial charge < -0.3 is 10.6 Å². The molecule has 6 heteroatoms.